The van der Waals surface area contributed by atoms with Gasteiger partial charge in [-0.15, -0.1) is 0 Å². The highest BCUT2D eigenvalue weighted by molar-refractivity contribution is 5.28. The van der Waals surface area contributed by atoms with Crippen LogP contribution in [-0.2, 0) is 6.18 Å². The van der Waals surface area contributed by atoms with Crippen LogP contribution in [0, 0.1) is 5.92 Å². The average molecular weight is 262 g/mol. The molecule has 0 radical (unpaired) electrons. The Morgan fingerprint density at radius 1 is 1.11 bits per heavy atom. The largest absolute Gasteiger partial charge is 0.416 e. The highest BCUT2D eigenvalue weighted by Gasteiger charge is 2.36. The Morgan fingerprint density at radius 2 is 1.72 bits per heavy atom. The molecule has 1 aromatic rings. The minimum Gasteiger partial charge on any atom is -0.396 e. The summed E-state index contributed by atoms with van der Waals surface area (Å²) in [6.45, 7) is -0.0719. The van der Waals surface area contributed by atoms with Gasteiger partial charge in [-0.25, -0.2) is 4.39 Å². The summed E-state index contributed by atoms with van der Waals surface area (Å²) < 4.78 is 50.9. The summed E-state index contributed by atoms with van der Waals surface area (Å²) in [7, 11) is 0. The summed E-state index contributed by atoms with van der Waals surface area (Å²) >= 11 is 0. The molecule has 0 heterocycles. The molecule has 2 rings (SSSR count). The number of aliphatic hydroxyl groups excluding tert-OH is 1. The van der Waals surface area contributed by atoms with Crippen molar-refractivity contribution in [3.63, 3.8) is 0 Å². The van der Waals surface area contributed by atoms with Crippen LogP contribution in [0.1, 0.15) is 29.9 Å². The predicted octanol–water partition coefficient (Wildman–Crippen LogP) is 3.53. The summed E-state index contributed by atoms with van der Waals surface area (Å²) in [5, 5.41) is 8.98. The zero-order valence-corrected chi connectivity index (χ0v) is 9.62. The van der Waals surface area contributed by atoms with Crippen molar-refractivity contribution < 1.29 is 22.7 Å². The molecule has 1 aromatic carbocycles. The third kappa shape index (κ3) is 2.66. The van der Waals surface area contributed by atoms with Gasteiger partial charge in [0.15, 0.2) is 0 Å². The fraction of sp³-hybridized carbons (Fsp3) is 0.538. The number of alkyl halides is 4. The van der Waals surface area contributed by atoms with Crippen LogP contribution in [0.4, 0.5) is 17.6 Å². The van der Waals surface area contributed by atoms with Crippen molar-refractivity contribution in [2.45, 2.75) is 31.1 Å². The summed E-state index contributed by atoms with van der Waals surface area (Å²) in [5.74, 6) is -0.489. The molecule has 100 valence electrons. The average Bonchev–Trinajstić information content (AvgIpc) is 2.70. The number of halogens is 4. The van der Waals surface area contributed by atoms with E-state index in [1.54, 1.807) is 0 Å². The summed E-state index contributed by atoms with van der Waals surface area (Å²) in [6, 6.07) is 4.63. The molecule has 0 aromatic heterocycles. The van der Waals surface area contributed by atoms with Gasteiger partial charge in [0, 0.05) is 12.5 Å². The molecule has 3 atom stereocenters. The van der Waals surface area contributed by atoms with Crippen LogP contribution in [-0.4, -0.2) is 17.9 Å². The van der Waals surface area contributed by atoms with Crippen molar-refractivity contribution in [2.75, 3.05) is 6.61 Å². The minimum absolute atomic E-state index is 0.0719. The van der Waals surface area contributed by atoms with Crippen molar-refractivity contribution in [1.82, 2.24) is 0 Å². The summed E-state index contributed by atoms with van der Waals surface area (Å²) in [5.41, 5.74) is -0.148. The van der Waals surface area contributed by atoms with Gasteiger partial charge < -0.3 is 5.11 Å². The van der Waals surface area contributed by atoms with Crippen LogP contribution < -0.4 is 0 Å². The Morgan fingerprint density at radius 3 is 2.17 bits per heavy atom. The molecule has 1 fully saturated rings. The highest BCUT2D eigenvalue weighted by atomic mass is 19.4. The molecule has 1 aliphatic rings. The lowest BCUT2D eigenvalue weighted by Gasteiger charge is -2.14. The SMILES string of the molecule is OC[C@@H]1C[C@@H](F)[C@H](c2ccc(C(F)(F)F)cc2)C1. The molecule has 5 heteroatoms. The number of aliphatic hydroxyl groups is 1. The standard InChI is InChI=1S/C13H14F4O/c14-12-6-8(7-18)5-11(12)9-1-3-10(4-2-9)13(15,16)17/h1-4,8,11-12,18H,5-7H2/t8-,11-,12+/m0/s1. The molecule has 1 N–H and O–H groups in total. The number of benzene rings is 1. The smallest absolute Gasteiger partial charge is 0.396 e. The quantitative estimate of drug-likeness (QED) is 0.808. The molecule has 0 saturated heterocycles. The molecule has 0 aliphatic heterocycles. The second kappa shape index (κ2) is 4.88. The minimum atomic E-state index is -4.36. The van der Waals surface area contributed by atoms with Crippen LogP contribution >= 0.6 is 0 Å². The normalized spacial score (nSPS) is 28.6. The van der Waals surface area contributed by atoms with Gasteiger partial charge in [-0.3, -0.25) is 0 Å². The van der Waals surface area contributed by atoms with Gasteiger partial charge in [-0.05, 0) is 36.5 Å². The maximum Gasteiger partial charge on any atom is 0.416 e. The summed E-state index contributed by atoms with van der Waals surface area (Å²) in [6.07, 6.45) is -4.68. The maximum atomic E-state index is 13.7. The third-order valence-corrected chi connectivity index (χ3v) is 3.51. The zero-order valence-electron chi connectivity index (χ0n) is 9.62. The number of rotatable bonds is 2. The molecule has 0 bridgehead atoms. The monoisotopic (exact) mass is 262 g/mol. The lowest BCUT2D eigenvalue weighted by molar-refractivity contribution is -0.137. The first-order valence-corrected chi connectivity index (χ1v) is 5.84. The second-order valence-corrected chi connectivity index (χ2v) is 4.76. The molecule has 0 spiro atoms. The Balaban J connectivity index is 2.15. The first kappa shape index (κ1) is 13.3. The molecule has 18 heavy (non-hydrogen) atoms. The topological polar surface area (TPSA) is 20.2 Å². The van der Waals surface area contributed by atoms with Gasteiger partial charge in [0.05, 0.1) is 5.56 Å². The van der Waals surface area contributed by atoms with Crippen LogP contribution in [0.2, 0.25) is 0 Å². The first-order valence-electron chi connectivity index (χ1n) is 5.84. The van der Waals surface area contributed by atoms with E-state index in [0.717, 1.165) is 12.1 Å². The van der Waals surface area contributed by atoms with Crippen molar-refractivity contribution in [3.05, 3.63) is 35.4 Å². The van der Waals surface area contributed by atoms with E-state index in [9.17, 15) is 17.6 Å². The lowest BCUT2D eigenvalue weighted by atomic mass is 9.94. The number of hydrogen-bond donors (Lipinski definition) is 1. The van der Waals surface area contributed by atoms with Gasteiger partial charge in [0.1, 0.15) is 6.17 Å². The third-order valence-electron chi connectivity index (χ3n) is 3.51. The van der Waals surface area contributed by atoms with Crippen molar-refractivity contribution in [3.8, 4) is 0 Å². The first-order chi connectivity index (χ1) is 8.41. The van der Waals surface area contributed by atoms with Crippen LogP contribution in [0.3, 0.4) is 0 Å². The zero-order chi connectivity index (χ0) is 13.3. The van der Waals surface area contributed by atoms with E-state index in [-0.39, 0.29) is 18.9 Å². The van der Waals surface area contributed by atoms with Gasteiger partial charge in [-0.1, -0.05) is 12.1 Å². The van der Waals surface area contributed by atoms with E-state index in [2.05, 4.69) is 0 Å². The van der Waals surface area contributed by atoms with Gasteiger partial charge in [0.25, 0.3) is 0 Å². The van der Waals surface area contributed by atoms with E-state index in [4.69, 9.17) is 5.11 Å². The van der Waals surface area contributed by atoms with E-state index in [1.807, 2.05) is 0 Å². The van der Waals surface area contributed by atoms with E-state index < -0.39 is 23.8 Å². The molecule has 1 saturated carbocycles. The Labute approximate surface area is 102 Å². The van der Waals surface area contributed by atoms with Gasteiger partial charge in [0.2, 0.25) is 0 Å². The van der Waals surface area contributed by atoms with Crippen molar-refractivity contribution in [2.24, 2.45) is 5.92 Å². The molecule has 1 nitrogen and oxygen atoms in total. The molecule has 1 aliphatic carbocycles. The van der Waals surface area contributed by atoms with E-state index in [1.165, 1.54) is 12.1 Å². The molecular weight excluding hydrogens is 248 g/mol. The molecule has 0 amide bonds. The molecule has 0 unspecified atom stereocenters. The molecular formula is C13H14F4O. The maximum absolute atomic E-state index is 13.7. The van der Waals surface area contributed by atoms with Crippen LogP contribution in [0.5, 0.6) is 0 Å². The van der Waals surface area contributed by atoms with Crippen LogP contribution in [0.25, 0.3) is 0 Å². The van der Waals surface area contributed by atoms with E-state index >= 15 is 0 Å². The van der Waals surface area contributed by atoms with E-state index in [0.29, 0.717) is 12.0 Å². The van der Waals surface area contributed by atoms with Crippen LogP contribution in [0.15, 0.2) is 24.3 Å². The Hall–Kier alpha value is -1.10. The van der Waals surface area contributed by atoms with Crippen molar-refractivity contribution >= 4 is 0 Å². The fourth-order valence-electron chi connectivity index (χ4n) is 2.50. The fourth-order valence-corrected chi connectivity index (χ4v) is 2.50. The lowest BCUT2D eigenvalue weighted by Crippen LogP contribution is -2.08. The predicted molar refractivity (Wildman–Crippen MR) is 58.9 cm³/mol. The highest BCUT2D eigenvalue weighted by Crippen LogP contribution is 2.41. The van der Waals surface area contributed by atoms with Gasteiger partial charge >= 0.3 is 6.18 Å². The van der Waals surface area contributed by atoms with Gasteiger partial charge in [-0.2, -0.15) is 13.2 Å². The summed E-state index contributed by atoms with van der Waals surface area (Å²) in [4.78, 5) is 0. The second-order valence-electron chi connectivity index (χ2n) is 4.76. The Bertz CT molecular complexity index is 398. The Kier molecular flexibility index (Phi) is 3.61. The van der Waals surface area contributed by atoms with Crippen molar-refractivity contribution in [1.29, 1.82) is 0 Å². The number of hydrogen-bond acceptors (Lipinski definition) is 1.